The van der Waals surface area contributed by atoms with E-state index < -0.39 is 0 Å². The Balaban J connectivity index is 2.28. The Kier molecular flexibility index (Phi) is 3.19. The molecule has 1 fully saturated rings. The zero-order chi connectivity index (χ0) is 10.8. The van der Waals surface area contributed by atoms with Crippen LogP contribution in [0.3, 0.4) is 0 Å². The van der Waals surface area contributed by atoms with Gasteiger partial charge in [0.25, 0.3) is 0 Å². The van der Waals surface area contributed by atoms with E-state index in [-0.39, 0.29) is 5.82 Å². The lowest BCUT2D eigenvalue weighted by molar-refractivity contribution is 0.589. The molecule has 2 heterocycles. The van der Waals surface area contributed by atoms with E-state index in [0.717, 1.165) is 19.5 Å². The third-order valence-electron chi connectivity index (χ3n) is 2.61. The molecule has 0 bridgehead atoms. The second-order valence-corrected chi connectivity index (χ2v) is 4.94. The van der Waals surface area contributed by atoms with Crippen molar-refractivity contribution in [3.8, 4) is 0 Å². The molecule has 15 heavy (non-hydrogen) atoms. The first kappa shape index (κ1) is 10.8. The number of aryl methyl sites for hydroxylation is 1. The molecule has 1 aliphatic rings. The van der Waals surface area contributed by atoms with Gasteiger partial charge >= 0.3 is 0 Å². The van der Waals surface area contributed by atoms with Crippen LogP contribution in [0, 0.1) is 5.82 Å². The second-order valence-electron chi connectivity index (χ2n) is 3.64. The molecule has 3 nitrogen and oxygen atoms in total. The zero-order valence-corrected chi connectivity index (χ0v) is 10.2. The lowest BCUT2D eigenvalue weighted by Crippen LogP contribution is -2.23. The van der Waals surface area contributed by atoms with Gasteiger partial charge in [0, 0.05) is 17.9 Å². The topological polar surface area (TPSA) is 29.0 Å². The molecule has 0 N–H and O–H groups in total. The summed E-state index contributed by atoms with van der Waals surface area (Å²) in [5, 5.41) is 0. The van der Waals surface area contributed by atoms with Crippen LogP contribution >= 0.6 is 15.9 Å². The number of hydrogen-bond acceptors (Lipinski definition) is 3. The standard InChI is InChI=1S/C10H13BrFN3/c1-2-8-9(12)10(14-6-13-8)15-4-3-7(11)5-15/h6-7H,2-5H2,1H3. The first-order valence-corrected chi connectivity index (χ1v) is 6.02. The predicted octanol–water partition coefficient (Wildman–Crippen LogP) is 2.15. The Morgan fingerprint density at radius 1 is 1.60 bits per heavy atom. The summed E-state index contributed by atoms with van der Waals surface area (Å²) in [6.45, 7) is 3.57. The lowest BCUT2D eigenvalue weighted by atomic mass is 10.3. The summed E-state index contributed by atoms with van der Waals surface area (Å²) < 4.78 is 13.9. The van der Waals surface area contributed by atoms with Gasteiger partial charge in [0.1, 0.15) is 6.33 Å². The molecular formula is C10H13BrFN3. The zero-order valence-electron chi connectivity index (χ0n) is 8.58. The fourth-order valence-corrected chi connectivity index (χ4v) is 2.33. The molecule has 2 rings (SSSR count). The van der Waals surface area contributed by atoms with Gasteiger partial charge in [-0.1, -0.05) is 22.9 Å². The van der Waals surface area contributed by atoms with E-state index in [9.17, 15) is 4.39 Å². The van der Waals surface area contributed by atoms with Crippen LogP contribution < -0.4 is 4.90 Å². The fourth-order valence-electron chi connectivity index (χ4n) is 1.77. The van der Waals surface area contributed by atoms with Gasteiger partial charge in [-0.3, -0.25) is 0 Å². The summed E-state index contributed by atoms with van der Waals surface area (Å²) in [7, 11) is 0. The molecule has 0 spiro atoms. The second kappa shape index (κ2) is 4.43. The van der Waals surface area contributed by atoms with Gasteiger partial charge in [-0.25, -0.2) is 14.4 Å². The van der Waals surface area contributed by atoms with Crippen molar-refractivity contribution in [3.63, 3.8) is 0 Å². The molecule has 0 saturated carbocycles. The smallest absolute Gasteiger partial charge is 0.187 e. The number of aromatic nitrogens is 2. The highest BCUT2D eigenvalue weighted by atomic mass is 79.9. The molecule has 1 aliphatic heterocycles. The molecule has 5 heteroatoms. The van der Waals surface area contributed by atoms with Gasteiger partial charge in [0.05, 0.1) is 5.69 Å². The highest BCUT2D eigenvalue weighted by Gasteiger charge is 2.24. The van der Waals surface area contributed by atoms with Crippen molar-refractivity contribution in [1.82, 2.24) is 9.97 Å². The molecule has 1 aromatic rings. The third kappa shape index (κ3) is 2.12. The quantitative estimate of drug-likeness (QED) is 0.774. The Morgan fingerprint density at radius 3 is 3.00 bits per heavy atom. The fraction of sp³-hybridized carbons (Fsp3) is 0.600. The van der Waals surface area contributed by atoms with E-state index in [4.69, 9.17) is 0 Å². The van der Waals surface area contributed by atoms with E-state index in [1.54, 1.807) is 0 Å². The van der Waals surface area contributed by atoms with Crippen molar-refractivity contribution in [1.29, 1.82) is 0 Å². The molecule has 82 valence electrons. The summed E-state index contributed by atoms with van der Waals surface area (Å²) >= 11 is 3.53. The molecular weight excluding hydrogens is 261 g/mol. The SMILES string of the molecule is CCc1ncnc(N2CCC(Br)C2)c1F. The summed E-state index contributed by atoms with van der Waals surface area (Å²) in [5.74, 6) is 0.186. The highest BCUT2D eigenvalue weighted by Crippen LogP contribution is 2.25. The Bertz CT molecular complexity index is 359. The van der Waals surface area contributed by atoms with Gasteiger partial charge in [-0.15, -0.1) is 0 Å². The Labute approximate surface area is 96.8 Å². The van der Waals surface area contributed by atoms with Crippen molar-refractivity contribution < 1.29 is 4.39 Å². The first-order chi connectivity index (χ1) is 7.22. The van der Waals surface area contributed by atoms with Gasteiger partial charge in [-0.05, 0) is 12.8 Å². The monoisotopic (exact) mass is 273 g/mol. The van der Waals surface area contributed by atoms with E-state index >= 15 is 0 Å². The lowest BCUT2D eigenvalue weighted by Gasteiger charge is -2.17. The molecule has 1 unspecified atom stereocenters. The molecule has 1 atom stereocenters. The van der Waals surface area contributed by atoms with E-state index in [1.165, 1.54) is 6.33 Å². The van der Waals surface area contributed by atoms with Crippen LogP contribution in [-0.4, -0.2) is 27.9 Å². The van der Waals surface area contributed by atoms with Crippen LogP contribution in [0.5, 0.6) is 0 Å². The number of rotatable bonds is 2. The maximum absolute atomic E-state index is 13.9. The molecule has 0 radical (unpaired) electrons. The van der Waals surface area contributed by atoms with E-state index in [2.05, 4.69) is 25.9 Å². The van der Waals surface area contributed by atoms with E-state index in [1.807, 2.05) is 11.8 Å². The van der Waals surface area contributed by atoms with Crippen molar-refractivity contribution in [3.05, 3.63) is 17.8 Å². The molecule has 1 aromatic heterocycles. The summed E-state index contributed by atoms with van der Waals surface area (Å²) in [6.07, 6.45) is 3.08. The van der Waals surface area contributed by atoms with Gasteiger partial charge < -0.3 is 4.90 Å². The van der Waals surface area contributed by atoms with Crippen molar-refractivity contribution >= 4 is 21.7 Å². The van der Waals surface area contributed by atoms with Crippen molar-refractivity contribution in [2.45, 2.75) is 24.6 Å². The minimum Gasteiger partial charge on any atom is -0.353 e. The van der Waals surface area contributed by atoms with Gasteiger partial charge in [0.15, 0.2) is 11.6 Å². The summed E-state index contributed by atoms with van der Waals surface area (Å²) in [6, 6.07) is 0. The Hall–Kier alpha value is -0.710. The van der Waals surface area contributed by atoms with Crippen LogP contribution in [0.2, 0.25) is 0 Å². The average Bonchev–Trinajstić information content (AvgIpc) is 2.65. The third-order valence-corrected chi connectivity index (χ3v) is 3.36. The number of nitrogens with zero attached hydrogens (tertiary/aromatic N) is 3. The number of anilines is 1. The van der Waals surface area contributed by atoms with Crippen LogP contribution in [-0.2, 0) is 6.42 Å². The summed E-state index contributed by atoms with van der Waals surface area (Å²) in [4.78, 5) is 10.4. The first-order valence-electron chi connectivity index (χ1n) is 5.10. The van der Waals surface area contributed by atoms with Crippen LogP contribution in [0.15, 0.2) is 6.33 Å². The van der Waals surface area contributed by atoms with Crippen LogP contribution in [0.4, 0.5) is 10.2 Å². The van der Waals surface area contributed by atoms with Gasteiger partial charge in [-0.2, -0.15) is 0 Å². The van der Waals surface area contributed by atoms with Gasteiger partial charge in [0.2, 0.25) is 0 Å². The normalized spacial score (nSPS) is 21.0. The van der Waals surface area contributed by atoms with Crippen molar-refractivity contribution in [2.24, 2.45) is 0 Å². The summed E-state index contributed by atoms with van der Waals surface area (Å²) in [5.41, 5.74) is 0.498. The number of hydrogen-bond donors (Lipinski definition) is 0. The average molecular weight is 274 g/mol. The highest BCUT2D eigenvalue weighted by molar-refractivity contribution is 9.09. The maximum Gasteiger partial charge on any atom is 0.187 e. The molecule has 0 aromatic carbocycles. The van der Waals surface area contributed by atoms with Crippen LogP contribution in [0.1, 0.15) is 19.0 Å². The van der Waals surface area contributed by atoms with Crippen LogP contribution in [0.25, 0.3) is 0 Å². The molecule has 1 saturated heterocycles. The Morgan fingerprint density at radius 2 is 2.40 bits per heavy atom. The molecule has 0 amide bonds. The number of halogens is 2. The predicted molar refractivity (Wildman–Crippen MR) is 60.9 cm³/mol. The maximum atomic E-state index is 13.9. The number of alkyl halides is 1. The molecule has 0 aliphatic carbocycles. The van der Waals surface area contributed by atoms with Crippen molar-refractivity contribution in [2.75, 3.05) is 18.0 Å². The minimum absolute atomic E-state index is 0.262. The largest absolute Gasteiger partial charge is 0.353 e. The van der Waals surface area contributed by atoms with E-state index in [0.29, 0.717) is 22.8 Å². The minimum atomic E-state index is -0.262.